The molecule has 0 radical (unpaired) electrons. The largest absolute Gasteiger partial charge is 0.434 e. The molecule has 24 heavy (non-hydrogen) atoms. The first-order valence-corrected chi connectivity index (χ1v) is 7.98. The lowest BCUT2D eigenvalue weighted by molar-refractivity contribution is -0.0501. The van der Waals surface area contributed by atoms with Crippen LogP contribution in [0.3, 0.4) is 0 Å². The van der Waals surface area contributed by atoms with Crippen LogP contribution in [-0.4, -0.2) is 17.5 Å². The van der Waals surface area contributed by atoms with Gasteiger partial charge in [-0.2, -0.15) is 8.78 Å². The topological polar surface area (TPSA) is 51.2 Å². The number of alkyl halides is 2. The van der Waals surface area contributed by atoms with E-state index in [9.17, 15) is 13.6 Å². The van der Waals surface area contributed by atoms with Crippen LogP contribution in [0.2, 0.25) is 0 Å². The molecule has 0 aliphatic heterocycles. The molecule has 0 saturated heterocycles. The minimum atomic E-state index is -2.99. The Bertz CT molecular complexity index is 909. The molecule has 1 heterocycles. The first-order chi connectivity index (χ1) is 11.4. The number of aromatic nitrogens is 1. The van der Waals surface area contributed by atoms with Crippen LogP contribution in [0.5, 0.6) is 5.75 Å². The van der Waals surface area contributed by atoms with Crippen molar-refractivity contribution in [1.29, 1.82) is 0 Å². The van der Waals surface area contributed by atoms with Crippen molar-refractivity contribution in [1.82, 2.24) is 4.98 Å². The van der Waals surface area contributed by atoms with E-state index in [1.54, 1.807) is 6.07 Å². The van der Waals surface area contributed by atoms with Crippen molar-refractivity contribution in [3.8, 4) is 5.75 Å². The Balaban J connectivity index is 1.89. The Kier molecular flexibility index (Phi) is 4.44. The number of carbonyl (C=O) groups is 1. The number of halogens is 2. The highest BCUT2D eigenvalue weighted by Gasteiger charge is 2.17. The zero-order valence-electron chi connectivity index (χ0n) is 13.0. The highest BCUT2D eigenvalue weighted by Crippen LogP contribution is 2.30. The van der Waals surface area contributed by atoms with Crippen molar-refractivity contribution in [2.75, 3.05) is 5.32 Å². The Morgan fingerprint density at radius 2 is 2.00 bits per heavy atom. The number of rotatable bonds is 4. The lowest BCUT2D eigenvalue weighted by Gasteiger charge is -2.09. The van der Waals surface area contributed by atoms with Crippen LogP contribution in [0.25, 0.3) is 10.2 Å². The van der Waals surface area contributed by atoms with Crippen LogP contribution in [0.1, 0.15) is 21.5 Å². The molecule has 0 aliphatic rings. The van der Waals surface area contributed by atoms with Crippen LogP contribution in [0, 0.1) is 13.8 Å². The van der Waals surface area contributed by atoms with E-state index in [-0.39, 0.29) is 11.3 Å². The van der Waals surface area contributed by atoms with E-state index in [0.717, 1.165) is 21.3 Å². The van der Waals surface area contributed by atoms with E-state index in [4.69, 9.17) is 0 Å². The van der Waals surface area contributed by atoms with Gasteiger partial charge in [-0.1, -0.05) is 29.5 Å². The maximum atomic E-state index is 12.4. The van der Waals surface area contributed by atoms with Crippen LogP contribution < -0.4 is 10.1 Å². The zero-order chi connectivity index (χ0) is 17.3. The number of aryl methyl sites for hydroxylation is 2. The second-order valence-corrected chi connectivity index (χ2v) is 6.31. The van der Waals surface area contributed by atoms with E-state index < -0.39 is 12.5 Å². The van der Waals surface area contributed by atoms with Gasteiger partial charge in [0.2, 0.25) is 0 Å². The summed E-state index contributed by atoms with van der Waals surface area (Å²) >= 11 is 1.34. The summed E-state index contributed by atoms with van der Waals surface area (Å²) in [5.41, 5.74) is 2.98. The van der Waals surface area contributed by atoms with Gasteiger partial charge in [-0.15, -0.1) is 0 Å². The number of nitrogens with zero attached hydrogens (tertiary/aromatic N) is 1. The van der Waals surface area contributed by atoms with Gasteiger partial charge in [0.25, 0.3) is 5.91 Å². The quantitative estimate of drug-likeness (QED) is 0.739. The fraction of sp³-hybridized carbons (Fsp3) is 0.176. The zero-order valence-corrected chi connectivity index (χ0v) is 13.8. The standard InChI is InChI=1S/C17H14F2N2O2S/c1-9-7-10(2)14-13(8-9)24-17(20-14)21-15(22)11-5-3-4-6-12(11)23-16(18)19/h3-8,16H,1-2H3,(H,20,21,22). The summed E-state index contributed by atoms with van der Waals surface area (Å²) in [5.74, 6) is -0.710. The number of anilines is 1. The maximum absolute atomic E-state index is 12.4. The third-order valence-electron chi connectivity index (χ3n) is 3.40. The SMILES string of the molecule is Cc1cc(C)c2nc(NC(=O)c3ccccc3OC(F)F)sc2c1. The van der Waals surface area contributed by atoms with Crippen molar-refractivity contribution < 1.29 is 18.3 Å². The number of hydrogen-bond donors (Lipinski definition) is 1. The number of thiazole rings is 1. The molecule has 1 aromatic heterocycles. The monoisotopic (exact) mass is 348 g/mol. The number of ether oxygens (including phenoxy) is 1. The predicted molar refractivity (Wildman–Crippen MR) is 90.1 cm³/mol. The Labute approximate surface area is 141 Å². The normalized spacial score (nSPS) is 11.0. The van der Waals surface area contributed by atoms with Gasteiger partial charge in [0, 0.05) is 0 Å². The van der Waals surface area contributed by atoms with Crippen LogP contribution in [-0.2, 0) is 0 Å². The molecule has 7 heteroatoms. The second-order valence-electron chi connectivity index (χ2n) is 5.28. The molecule has 2 aromatic carbocycles. The summed E-state index contributed by atoms with van der Waals surface area (Å²) in [6, 6.07) is 9.86. The fourth-order valence-corrected chi connectivity index (χ4v) is 3.48. The van der Waals surface area contributed by atoms with Crippen molar-refractivity contribution in [3.63, 3.8) is 0 Å². The van der Waals surface area contributed by atoms with E-state index in [1.807, 2.05) is 26.0 Å². The smallest absolute Gasteiger partial charge is 0.387 e. The molecule has 124 valence electrons. The van der Waals surface area contributed by atoms with Crippen LogP contribution in [0.4, 0.5) is 13.9 Å². The number of hydrogen-bond acceptors (Lipinski definition) is 4. The Hall–Kier alpha value is -2.54. The lowest BCUT2D eigenvalue weighted by atomic mass is 10.1. The molecule has 3 rings (SSSR count). The average molecular weight is 348 g/mol. The average Bonchev–Trinajstić information content (AvgIpc) is 2.89. The maximum Gasteiger partial charge on any atom is 0.387 e. The predicted octanol–water partition coefficient (Wildman–Crippen LogP) is 4.77. The van der Waals surface area contributed by atoms with Gasteiger partial charge in [0.05, 0.1) is 15.8 Å². The number of para-hydroxylation sites is 1. The summed E-state index contributed by atoms with van der Waals surface area (Å²) in [5, 5.41) is 3.06. The molecule has 1 amide bonds. The molecule has 0 fully saturated rings. The number of amides is 1. The van der Waals surface area contributed by atoms with E-state index in [2.05, 4.69) is 15.0 Å². The van der Waals surface area contributed by atoms with Crippen molar-refractivity contribution in [3.05, 3.63) is 53.1 Å². The molecular weight excluding hydrogens is 334 g/mol. The molecule has 0 spiro atoms. The number of fused-ring (bicyclic) bond motifs is 1. The molecule has 0 atom stereocenters. The first-order valence-electron chi connectivity index (χ1n) is 7.17. The fourth-order valence-electron chi connectivity index (χ4n) is 2.44. The van der Waals surface area contributed by atoms with Gasteiger partial charge in [0.1, 0.15) is 5.75 Å². The molecule has 3 aromatic rings. The van der Waals surface area contributed by atoms with Crippen LogP contribution in [0.15, 0.2) is 36.4 Å². The number of benzene rings is 2. The van der Waals surface area contributed by atoms with Gasteiger partial charge in [0.15, 0.2) is 5.13 Å². The first kappa shape index (κ1) is 16.3. The van der Waals surface area contributed by atoms with Crippen molar-refractivity contribution >= 4 is 32.6 Å². The summed E-state index contributed by atoms with van der Waals surface area (Å²) in [4.78, 5) is 16.8. The Morgan fingerprint density at radius 3 is 2.75 bits per heavy atom. The van der Waals surface area contributed by atoms with Gasteiger partial charge in [-0.25, -0.2) is 4.98 Å². The minimum absolute atomic E-state index is 0.0324. The number of nitrogens with one attached hydrogen (secondary N) is 1. The summed E-state index contributed by atoms with van der Waals surface area (Å²) in [6.07, 6.45) is 0. The molecule has 1 N–H and O–H groups in total. The summed E-state index contributed by atoms with van der Waals surface area (Å²) < 4.78 is 30.2. The third kappa shape index (κ3) is 3.35. The van der Waals surface area contributed by atoms with Gasteiger partial charge in [-0.3, -0.25) is 10.1 Å². The molecule has 0 saturated carbocycles. The molecular formula is C17H14F2N2O2S. The summed E-state index contributed by atoms with van der Waals surface area (Å²) in [6.45, 7) is 0.946. The Morgan fingerprint density at radius 1 is 1.25 bits per heavy atom. The second kappa shape index (κ2) is 6.52. The molecule has 0 bridgehead atoms. The summed E-state index contributed by atoms with van der Waals surface area (Å²) in [7, 11) is 0. The van der Waals surface area contributed by atoms with Crippen molar-refractivity contribution in [2.24, 2.45) is 0 Å². The number of carbonyl (C=O) groups excluding carboxylic acids is 1. The molecule has 0 unspecified atom stereocenters. The van der Waals surface area contributed by atoms with E-state index in [1.165, 1.54) is 29.5 Å². The highest BCUT2D eigenvalue weighted by atomic mass is 32.1. The van der Waals surface area contributed by atoms with Crippen molar-refractivity contribution in [2.45, 2.75) is 20.5 Å². The van der Waals surface area contributed by atoms with E-state index >= 15 is 0 Å². The molecule has 0 aliphatic carbocycles. The highest BCUT2D eigenvalue weighted by molar-refractivity contribution is 7.22. The van der Waals surface area contributed by atoms with Crippen LogP contribution >= 0.6 is 11.3 Å². The van der Waals surface area contributed by atoms with Gasteiger partial charge in [-0.05, 0) is 43.2 Å². The third-order valence-corrected chi connectivity index (χ3v) is 4.32. The minimum Gasteiger partial charge on any atom is -0.434 e. The molecule has 4 nitrogen and oxygen atoms in total. The lowest BCUT2D eigenvalue weighted by Crippen LogP contribution is -2.14. The van der Waals surface area contributed by atoms with Gasteiger partial charge >= 0.3 is 6.61 Å². The van der Waals surface area contributed by atoms with E-state index in [0.29, 0.717) is 5.13 Å². The van der Waals surface area contributed by atoms with Gasteiger partial charge < -0.3 is 4.74 Å².